The number of ether oxygens (including phenoxy) is 1. The first kappa shape index (κ1) is 12.9. The fourth-order valence-corrected chi connectivity index (χ4v) is 2.06. The van der Waals surface area contributed by atoms with Crippen LogP contribution in [0.2, 0.25) is 0 Å². The molecule has 0 spiro atoms. The van der Waals surface area contributed by atoms with Gasteiger partial charge in [0.1, 0.15) is 10.7 Å². The van der Waals surface area contributed by atoms with Crippen molar-refractivity contribution >= 4 is 33.1 Å². The van der Waals surface area contributed by atoms with Crippen LogP contribution < -0.4 is 10.5 Å². The Labute approximate surface area is 118 Å². The fourth-order valence-electron chi connectivity index (χ4n) is 1.47. The van der Waals surface area contributed by atoms with E-state index in [2.05, 4.69) is 25.9 Å². The number of hydrogen-bond donors (Lipinski definition) is 1. The van der Waals surface area contributed by atoms with Crippen molar-refractivity contribution in [2.45, 2.75) is 6.92 Å². The van der Waals surface area contributed by atoms with Crippen LogP contribution >= 0.6 is 28.1 Å². The monoisotopic (exact) mass is 323 g/mol. The first-order chi connectivity index (χ1) is 8.58. The van der Waals surface area contributed by atoms with Crippen LogP contribution in [0.25, 0.3) is 0 Å². The zero-order valence-corrected chi connectivity index (χ0v) is 12.0. The minimum absolute atomic E-state index is 0.263. The molecule has 0 unspecified atom stereocenters. The third kappa shape index (κ3) is 2.83. The van der Waals surface area contributed by atoms with Gasteiger partial charge in [0.2, 0.25) is 5.88 Å². The largest absolute Gasteiger partial charge is 0.437 e. The van der Waals surface area contributed by atoms with E-state index in [-0.39, 0.29) is 4.99 Å². The van der Waals surface area contributed by atoms with Gasteiger partial charge in [-0.25, -0.2) is 4.98 Å². The van der Waals surface area contributed by atoms with Crippen LogP contribution in [0.3, 0.4) is 0 Å². The number of aryl methyl sites for hydroxylation is 1. The summed E-state index contributed by atoms with van der Waals surface area (Å²) in [5.41, 5.74) is 7.26. The molecule has 0 atom stereocenters. The van der Waals surface area contributed by atoms with Gasteiger partial charge in [-0.3, -0.25) is 4.98 Å². The molecule has 2 heterocycles. The summed E-state index contributed by atoms with van der Waals surface area (Å²) >= 11 is 8.34. The molecule has 0 aliphatic heterocycles. The van der Waals surface area contributed by atoms with E-state index in [4.69, 9.17) is 22.7 Å². The quantitative estimate of drug-likeness (QED) is 0.880. The Hall–Kier alpha value is -1.53. The molecule has 2 aromatic heterocycles. The Morgan fingerprint density at radius 2 is 2.22 bits per heavy atom. The van der Waals surface area contributed by atoms with Gasteiger partial charge in [0.05, 0.1) is 11.8 Å². The van der Waals surface area contributed by atoms with Crippen molar-refractivity contribution in [2.75, 3.05) is 0 Å². The summed E-state index contributed by atoms with van der Waals surface area (Å²) in [6.07, 6.45) is 4.92. The number of pyridine rings is 2. The molecule has 0 amide bonds. The third-order valence-electron chi connectivity index (χ3n) is 2.27. The van der Waals surface area contributed by atoms with Crippen molar-refractivity contribution in [3.05, 3.63) is 46.3 Å². The van der Waals surface area contributed by atoms with Crippen molar-refractivity contribution in [1.29, 1.82) is 0 Å². The number of aromatic nitrogens is 2. The van der Waals surface area contributed by atoms with Crippen molar-refractivity contribution in [3.63, 3.8) is 0 Å². The molecule has 0 aliphatic carbocycles. The molecule has 18 heavy (non-hydrogen) atoms. The number of hydrogen-bond acceptors (Lipinski definition) is 4. The highest BCUT2D eigenvalue weighted by molar-refractivity contribution is 9.10. The van der Waals surface area contributed by atoms with Crippen molar-refractivity contribution in [2.24, 2.45) is 5.73 Å². The minimum atomic E-state index is 0.263. The standard InChI is InChI=1S/C12H10BrN3OS/c1-7-2-3-16-12(10(7)11(14)18)17-9-4-8(13)5-15-6-9/h2-6H,1H3,(H2,14,18). The van der Waals surface area contributed by atoms with E-state index in [0.717, 1.165) is 10.0 Å². The topological polar surface area (TPSA) is 61.0 Å². The Balaban J connectivity index is 2.40. The smallest absolute Gasteiger partial charge is 0.229 e. The molecule has 4 nitrogen and oxygen atoms in total. The Morgan fingerprint density at radius 1 is 1.44 bits per heavy atom. The third-order valence-corrected chi connectivity index (χ3v) is 2.90. The van der Waals surface area contributed by atoms with Crippen LogP contribution in [0.4, 0.5) is 0 Å². The van der Waals surface area contributed by atoms with Gasteiger partial charge in [0, 0.05) is 16.9 Å². The minimum Gasteiger partial charge on any atom is -0.437 e. The van der Waals surface area contributed by atoms with Crippen LogP contribution in [0, 0.1) is 6.92 Å². The molecule has 0 aromatic carbocycles. The average Bonchev–Trinajstić information content (AvgIpc) is 2.28. The Morgan fingerprint density at radius 3 is 2.89 bits per heavy atom. The van der Waals surface area contributed by atoms with Crippen molar-refractivity contribution in [1.82, 2.24) is 9.97 Å². The molecular formula is C12H10BrN3OS. The Bertz CT molecular complexity index is 604. The molecule has 0 bridgehead atoms. The van der Waals surface area contributed by atoms with Crippen LogP contribution in [0.1, 0.15) is 11.1 Å². The molecule has 0 saturated carbocycles. The van der Waals surface area contributed by atoms with Crippen molar-refractivity contribution in [3.8, 4) is 11.6 Å². The summed E-state index contributed by atoms with van der Waals surface area (Å²) in [7, 11) is 0. The van der Waals surface area contributed by atoms with E-state index in [1.54, 1.807) is 24.7 Å². The van der Waals surface area contributed by atoms with E-state index in [1.807, 2.05) is 13.0 Å². The van der Waals surface area contributed by atoms with Gasteiger partial charge in [-0.15, -0.1) is 0 Å². The van der Waals surface area contributed by atoms with E-state index >= 15 is 0 Å². The second-order valence-electron chi connectivity index (χ2n) is 3.61. The van der Waals surface area contributed by atoms with Gasteiger partial charge < -0.3 is 10.5 Å². The van der Waals surface area contributed by atoms with E-state index in [1.165, 1.54) is 0 Å². The summed E-state index contributed by atoms with van der Waals surface area (Å²) < 4.78 is 6.48. The fraction of sp³-hybridized carbons (Fsp3) is 0.0833. The lowest BCUT2D eigenvalue weighted by molar-refractivity contribution is 0.459. The van der Waals surface area contributed by atoms with Gasteiger partial charge in [0.25, 0.3) is 0 Å². The lowest BCUT2D eigenvalue weighted by Crippen LogP contribution is -2.13. The molecule has 92 valence electrons. The molecule has 0 fully saturated rings. The van der Waals surface area contributed by atoms with Gasteiger partial charge >= 0.3 is 0 Å². The number of rotatable bonds is 3. The maximum atomic E-state index is 5.69. The number of nitrogens with two attached hydrogens (primary N) is 1. The molecule has 0 radical (unpaired) electrons. The van der Waals surface area contributed by atoms with Gasteiger partial charge in [-0.2, -0.15) is 0 Å². The summed E-state index contributed by atoms with van der Waals surface area (Å²) in [5, 5.41) is 0. The van der Waals surface area contributed by atoms with Crippen LogP contribution in [0.5, 0.6) is 11.6 Å². The normalized spacial score (nSPS) is 10.1. The molecule has 0 saturated heterocycles. The van der Waals surface area contributed by atoms with E-state index < -0.39 is 0 Å². The lowest BCUT2D eigenvalue weighted by atomic mass is 10.1. The van der Waals surface area contributed by atoms with E-state index in [0.29, 0.717) is 17.2 Å². The molecule has 6 heteroatoms. The summed E-state index contributed by atoms with van der Waals surface area (Å²) in [5.74, 6) is 0.961. The van der Waals surface area contributed by atoms with Gasteiger partial charge in [-0.1, -0.05) is 12.2 Å². The predicted octanol–water partition coefficient (Wildman–Crippen LogP) is 2.97. The number of halogens is 1. The highest BCUT2D eigenvalue weighted by Crippen LogP contribution is 2.26. The Kier molecular flexibility index (Phi) is 3.88. The number of thiocarbonyl (C=S) groups is 1. The molecule has 2 N–H and O–H groups in total. The zero-order valence-electron chi connectivity index (χ0n) is 9.55. The van der Waals surface area contributed by atoms with Crippen LogP contribution in [-0.4, -0.2) is 15.0 Å². The first-order valence-corrected chi connectivity index (χ1v) is 6.32. The highest BCUT2D eigenvalue weighted by atomic mass is 79.9. The van der Waals surface area contributed by atoms with Crippen molar-refractivity contribution < 1.29 is 4.74 Å². The predicted molar refractivity (Wildman–Crippen MR) is 76.9 cm³/mol. The zero-order chi connectivity index (χ0) is 13.1. The maximum absolute atomic E-state index is 5.69. The number of nitrogens with zero attached hydrogens (tertiary/aromatic N) is 2. The van der Waals surface area contributed by atoms with Gasteiger partial charge in [0.15, 0.2) is 0 Å². The summed E-state index contributed by atoms with van der Waals surface area (Å²) in [6, 6.07) is 3.63. The second kappa shape index (κ2) is 5.41. The summed E-state index contributed by atoms with van der Waals surface area (Å²) in [6.45, 7) is 1.90. The first-order valence-electron chi connectivity index (χ1n) is 5.11. The molecule has 2 aromatic rings. The molecule has 2 rings (SSSR count). The molecular weight excluding hydrogens is 314 g/mol. The molecule has 0 aliphatic rings. The SMILES string of the molecule is Cc1ccnc(Oc2cncc(Br)c2)c1C(N)=S. The maximum Gasteiger partial charge on any atom is 0.229 e. The average molecular weight is 324 g/mol. The lowest BCUT2D eigenvalue weighted by Gasteiger charge is -2.10. The summed E-state index contributed by atoms with van der Waals surface area (Å²) in [4.78, 5) is 8.43. The second-order valence-corrected chi connectivity index (χ2v) is 4.97. The highest BCUT2D eigenvalue weighted by Gasteiger charge is 2.12. The van der Waals surface area contributed by atoms with Crippen LogP contribution in [-0.2, 0) is 0 Å². The van der Waals surface area contributed by atoms with Crippen LogP contribution in [0.15, 0.2) is 35.2 Å². The van der Waals surface area contributed by atoms with E-state index in [9.17, 15) is 0 Å². The van der Waals surface area contributed by atoms with Gasteiger partial charge in [-0.05, 0) is 40.5 Å².